The highest BCUT2D eigenvalue weighted by atomic mass is 16.6. The van der Waals surface area contributed by atoms with E-state index >= 15 is 0 Å². The average molecular weight is 368 g/mol. The molecule has 0 atom stereocenters. The van der Waals surface area contributed by atoms with E-state index in [0.717, 1.165) is 18.4 Å². The molecule has 0 aliphatic carbocycles. The normalized spacial score (nSPS) is 14.9. The molecular weight excluding hydrogens is 344 g/mol. The fraction of sp³-hybridized carbons (Fsp3) is 0.381. The van der Waals surface area contributed by atoms with Crippen LogP contribution in [0.2, 0.25) is 0 Å². The number of likely N-dealkylation sites (tertiary alicyclic amines) is 1. The summed E-state index contributed by atoms with van der Waals surface area (Å²) in [6.45, 7) is 4.23. The van der Waals surface area contributed by atoms with Crippen LogP contribution in [0.4, 0.5) is 5.69 Å². The number of ether oxygens (including phenoxy) is 1. The molecule has 2 aromatic rings. The van der Waals surface area contributed by atoms with Crippen LogP contribution in [0.25, 0.3) is 0 Å². The molecule has 0 unspecified atom stereocenters. The second-order valence-corrected chi connectivity index (χ2v) is 6.94. The summed E-state index contributed by atoms with van der Waals surface area (Å²) >= 11 is 0. The molecule has 0 N–H and O–H groups in total. The fourth-order valence-corrected chi connectivity index (χ4v) is 3.44. The number of piperidine rings is 1. The summed E-state index contributed by atoms with van der Waals surface area (Å²) in [6, 6.07) is 14.7. The summed E-state index contributed by atoms with van der Waals surface area (Å²) in [5.41, 5.74) is 2.00. The third kappa shape index (κ3) is 4.71. The van der Waals surface area contributed by atoms with Gasteiger partial charge in [-0.15, -0.1) is 0 Å². The van der Waals surface area contributed by atoms with Crippen LogP contribution in [0.5, 0.6) is 0 Å². The monoisotopic (exact) mass is 368 g/mol. The van der Waals surface area contributed by atoms with Gasteiger partial charge in [-0.05, 0) is 37.3 Å². The Morgan fingerprint density at radius 1 is 1.15 bits per heavy atom. The van der Waals surface area contributed by atoms with Gasteiger partial charge in [0.1, 0.15) is 0 Å². The quantitative estimate of drug-likeness (QED) is 0.571. The zero-order valence-electron chi connectivity index (χ0n) is 15.5. The molecular formula is C21H24N2O4. The van der Waals surface area contributed by atoms with Gasteiger partial charge in [0.2, 0.25) is 0 Å². The summed E-state index contributed by atoms with van der Waals surface area (Å²) in [5.74, 6) is 0.309. The summed E-state index contributed by atoms with van der Waals surface area (Å²) in [7, 11) is 0. The molecule has 3 rings (SSSR count). The number of carbonyl (C=O) groups is 1. The first-order chi connectivity index (χ1) is 13.1. The molecule has 6 heteroatoms. The van der Waals surface area contributed by atoms with Crippen molar-refractivity contribution in [1.82, 2.24) is 4.90 Å². The van der Waals surface area contributed by atoms with E-state index in [-0.39, 0.29) is 11.6 Å². The van der Waals surface area contributed by atoms with Gasteiger partial charge in [0, 0.05) is 36.9 Å². The van der Waals surface area contributed by atoms with Crippen molar-refractivity contribution in [2.45, 2.75) is 26.4 Å². The number of nitro groups is 1. The lowest BCUT2D eigenvalue weighted by Gasteiger charge is -2.32. The second kappa shape index (κ2) is 8.77. The van der Waals surface area contributed by atoms with Crippen molar-refractivity contribution in [3.63, 3.8) is 0 Å². The highest BCUT2D eigenvalue weighted by Gasteiger charge is 2.26. The first-order valence-corrected chi connectivity index (χ1v) is 9.21. The second-order valence-electron chi connectivity index (χ2n) is 6.94. The standard InChI is InChI=1S/C21H24N2O4/c1-16-19(8-5-9-20(16)23(25)26)21(24)22-12-10-18(11-13-22)15-27-14-17-6-3-2-4-7-17/h2-9,18H,10-15H2,1H3. The van der Waals surface area contributed by atoms with Gasteiger partial charge in [-0.2, -0.15) is 0 Å². The fourth-order valence-electron chi connectivity index (χ4n) is 3.44. The lowest BCUT2D eigenvalue weighted by atomic mass is 9.96. The number of nitro benzene ring substituents is 1. The number of benzene rings is 2. The van der Waals surface area contributed by atoms with Gasteiger partial charge in [0.05, 0.1) is 11.5 Å². The van der Waals surface area contributed by atoms with Crippen LogP contribution in [-0.4, -0.2) is 35.4 Å². The number of rotatable bonds is 6. The Kier molecular flexibility index (Phi) is 6.19. The first kappa shape index (κ1) is 19.0. The van der Waals surface area contributed by atoms with Gasteiger partial charge in [-0.1, -0.05) is 36.4 Å². The molecule has 6 nitrogen and oxygen atoms in total. The zero-order chi connectivity index (χ0) is 19.2. The Balaban J connectivity index is 1.51. The molecule has 1 aliphatic heterocycles. The Hall–Kier alpha value is -2.73. The van der Waals surface area contributed by atoms with Crippen LogP contribution in [-0.2, 0) is 11.3 Å². The lowest BCUT2D eigenvalue weighted by Crippen LogP contribution is -2.39. The minimum atomic E-state index is -0.442. The van der Waals surface area contributed by atoms with Gasteiger partial charge >= 0.3 is 0 Å². The molecule has 1 amide bonds. The van der Waals surface area contributed by atoms with Gasteiger partial charge in [-0.25, -0.2) is 0 Å². The van der Waals surface area contributed by atoms with Crippen LogP contribution >= 0.6 is 0 Å². The topological polar surface area (TPSA) is 72.7 Å². The highest BCUT2D eigenvalue weighted by molar-refractivity contribution is 5.96. The van der Waals surface area contributed by atoms with E-state index in [1.807, 2.05) is 30.3 Å². The van der Waals surface area contributed by atoms with E-state index in [2.05, 4.69) is 0 Å². The predicted octanol–water partition coefficient (Wildman–Crippen LogP) is 3.97. The van der Waals surface area contributed by atoms with Gasteiger partial charge in [0.15, 0.2) is 0 Å². The van der Waals surface area contributed by atoms with Crippen LogP contribution in [0.3, 0.4) is 0 Å². The Morgan fingerprint density at radius 3 is 2.52 bits per heavy atom. The molecule has 0 radical (unpaired) electrons. The van der Waals surface area contributed by atoms with Crippen molar-refractivity contribution in [3.8, 4) is 0 Å². The number of hydrogen-bond acceptors (Lipinski definition) is 4. The number of amides is 1. The van der Waals surface area contributed by atoms with Crippen molar-refractivity contribution in [2.75, 3.05) is 19.7 Å². The first-order valence-electron chi connectivity index (χ1n) is 9.21. The van der Waals surface area contributed by atoms with Crippen LogP contribution in [0.1, 0.15) is 34.3 Å². The minimum absolute atomic E-state index is 0.00921. The van der Waals surface area contributed by atoms with Crippen molar-refractivity contribution >= 4 is 11.6 Å². The summed E-state index contributed by atoms with van der Waals surface area (Å²) in [5, 5.41) is 11.1. The molecule has 27 heavy (non-hydrogen) atoms. The van der Waals surface area contributed by atoms with E-state index in [1.54, 1.807) is 24.0 Å². The van der Waals surface area contributed by atoms with E-state index in [4.69, 9.17) is 4.74 Å². The zero-order valence-corrected chi connectivity index (χ0v) is 15.5. The average Bonchev–Trinajstić information content (AvgIpc) is 2.69. The lowest BCUT2D eigenvalue weighted by molar-refractivity contribution is -0.385. The van der Waals surface area contributed by atoms with Crippen LogP contribution < -0.4 is 0 Å². The molecule has 142 valence electrons. The van der Waals surface area contributed by atoms with Gasteiger partial charge < -0.3 is 9.64 Å². The molecule has 0 saturated carbocycles. The highest BCUT2D eigenvalue weighted by Crippen LogP contribution is 2.25. The number of carbonyl (C=O) groups excluding carboxylic acids is 1. The Bertz CT molecular complexity index is 799. The van der Waals surface area contributed by atoms with Crippen LogP contribution in [0.15, 0.2) is 48.5 Å². The Morgan fingerprint density at radius 2 is 1.85 bits per heavy atom. The Labute approximate surface area is 158 Å². The smallest absolute Gasteiger partial charge is 0.273 e. The molecule has 1 fully saturated rings. The molecule has 2 aromatic carbocycles. The summed E-state index contributed by atoms with van der Waals surface area (Å²) < 4.78 is 5.82. The third-order valence-electron chi connectivity index (χ3n) is 5.10. The maximum Gasteiger partial charge on any atom is 0.273 e. The van der Waals surface area contributed by atoms with Crippen molar-refractivity contribution < 1.29 is 14.5 Å². The maximum absolute atomic E-state index is 12.8. The molecule has 1 heterocycles. The van der Waals surface area contributed by atoms with Gasteiger partial charge in [-0.3, -0.25) is 14.9 Å². The van der Waals surface area contributed by atoms with E-state index in [9.17, 15) is 14.9 Å². The molecule has 0 aromatic heterocycles. The van der Waals surface area contributed by atoms with Crippen molar-refractivity contribution in [3.05, 3.63) is 75.3 Å². The summed E-state index contributed by atoms with van der Waals surface area (Å²) in [6.07, 6.45) is 1.77. The van der Waals surface area contributed by atoms with E-state index in [1.165, 1.54) is 6.07 Å². The molecule has 1 saturated heterocycles. The van der Waals surface area contributed by atoms with Crippen molar-refractivity contribution in [2.24, 2.45) is 5.92 Å². The van der Waals surface area contributed by atoms with Crippen molar-refractivity contribution in [1.29, 1.82) is 0 Å². The predicted molar refractivity (Wildman–Crippen MR) is 103 cm³/mol. The van der Waals surface area contributed by atoms with E-state index < -0.39 is 4.92 Å². The molecule has 0 spiro atoms. The minimum Gasteiger partial charge on any atom is -0.376 e. The largest absolute Gasteiger partial charge is 0.376 e. The summed E-state index contributed by atoms with van der Waals surface area (Å²) in [4.78, 5) is 25.2. The van der Waals surface area contributed by atoms with Gasteiger partial charge in [0.25, 0.3) is 11.6 Å². The molecule has 1 aliphatic rings. The maximum atomic E-state index is 12.8. The van der Waals surface area contributed by atoms with E-state index in [0.29, 0.717) is 43.3 Å². The third-order valence-corrected chi connectivity index (χ3v) is 5.10. The molecule has 0 bridgehead atoms. The number of hydrogen-bond donors (Lipinski definition) is 0. The number of nitrogens with zero attached hydrogens (tertiary/aromatic N) is 2. The van der Waals surface area contributed by atoms with Crippen LogP contribution in [0, 0.1) is 23.0 Å². The SMILES string of the molecule is Cc1c(C(=O)N2CCC(COCc3ccccc3)CC2)cccc1[N+](=O)[O-].